The molecule has 0 radical (unpaired) electrons. The first-order chi connectivity index (χ1) is 18.4. The van der Waals surface area contributed by atoms with Gasteiger partial charge in [-0.15, -0.1) is 0 Å². The van der Waals surface area contributed by atoms with E-state index in [1.54, 1.807) is 7.05 Å². The van der Waals surface area contributed by atoms with Crippen molar-refractivity contribution in [3.63, 3.8) is 0 Å². The number of benzene rings is 2. The second-order valence-corrected chi connectivity index (χ2v) is 10.0. The Kier molecular flexibility index (Phi) is 5.91. The van der Waals surface area contributed by atoms with Crippen molar-refractivity contribution in [3.8, 4) is 11.5 Å². The van der Waals surface area contributed by atoms with Crippen LogP contribution in [-0.4, -0.2) is 43.5 Å². The predicted molar refractivity (Wildman–Crippen MR) is 148 cm³/mol. The third kappa shape index (κ3) is 3.92. The zero-order valence-corrected chi connectivity index (χ0v) is 21.8. The summed E-state index contributed by atoms with van der Waals surface area (Å²) in [7, 11) is 1.66. The number of aryl methyl sites for hydroxylation is 3. The molecule has 1 fully saturated rings. The number of hydrogen-bond acceptors (Lipinski definition) is 7. The van der Waals surface area contributed by atoms with E-state index in [0.717, 1.165) is 30.5 Å². The number of piperidine rings is 1. The Hall–Kier alpha value is -4.18. The van der Waals surface area contributed by atoms with Crippen LogP contribution in [0.15, 0.2) is 57.0 Å². The predicted octanol–water partition coefficient (Wildman–Crippen LogP) is 3.08. The monoisotopic (exact) mass is 513 g/mol. The highest BCUT2D eigenvalue weighted by Crippen LogP contribution is 2.38. The Morgan fingerprint density at radius 3 is 2.71 bits per heavy atom. The van der Waals surface area contributed by atoms with Crippen LogP contribution in [0.5, 0.6) is 11.5 Å². The third-order valence-corrected chi connectivity index (χ3v) is 7.36. The highest BCUT2D eigenvalue weighted by atomic mass is 16.5. The summed E-state index contributed by atoms with van der Waals surface area (Å²) in [5.41, 5.74) is 9.18. The number of fused-ring (bicyclic) bond motifs is 3. The number of ether oxygens (including phenoxy) is 1. The van der Waals surface area contributed by atoms with E-state index in [1.165, 1.54) is 9.13 Å². The smallest absolute Gasteiger partial charge is 0.332 e. The summed E-state index contributed by atoms with van der Waals surface area (Å²) in [6, 6.07) is 13.4. The van der Waals surface area contributed by atoms with Crippen LogP contribution in [0, 0.1) is 6.92 Å². The Labute approximate surface area is 219 Å². The minimum atomic E-state index is -0.444. The summed E-state index contributed by atoms with van der Waals surface area (Å²) in [5.74, 6) is 1.93. The lowest BCUT2D eigenvalue weighted by Crippen LogP contribution is -2.44. The number of para-hydroxylation sites is 1. The number of anilines is 1. The molecule has 2 aliphatic heterocycles. The summed E-state index contributed by atoms with van der Waals surface area (Å²) in [4.78, 5) is 39.3. The molecule has 38 heavy (non-hydrogen) atoms. The van der Waals surface area contributed by atoms with Gasteiger partial charge in [0.25, 0.3) is 5.56 Å². The van der Waals surface area contributed by atoms with Gasteiger partial charge in [0.2, 0.25) is 5.95 Å². The van der Waals surface area contributed by atoms with Gasteiger partial charge in [-0.3, -0.25) is 13.9 Å². The Morgan fingerprint density at radius 1 is 1.11 bits per heavy atom. The molecule has 1 unspecified atom stereocenters. The van der Waals surface area contributed by atoms with Gasteiger partial charge in [0.15, 0.2) is 16.9 Å². The van der Waals surface area contributed by atoms with Gasteiger partial charge in [0.05, 0.1) is 12.3 Å². The van der Waals surface area contributed by atoms with Crippen molar-refractivity contribution in [2.45, 2.75) is 45.8 Å². The van der Waals surface area contributed by atoms with Crippen LogP contribution in [-0.2, 0) is 20.1 Å². The van der Waals surface area contributed by atoms with E-state index in [1.807, 2.05) is 60.9 Å². The molecule has 2 N–H and O–H groups in total. The molecule has 2 aromatic carbocycles. The van der Waals surface area contributed by atoms with Gasteiger partial charge >= 0.3 is 5.69 Å². The van der Waals surface area contributed by atoms with Gasteiger partial charge in [-0.2, -0.15) is 4.98 Å². The lowest BCUT2D eigenvalue weighted by Gasteiger charge is -2.31. The molecule has 6 rings (SSSR count). The summed E-state index contributed by atoms with van der Waals surface area (Å²) in [6.07, 6.45) is 1.92. The van der Waals surface area contributed by atoms with Gasteiger partial charge in [-0.25, -0.2) is 9.79 Å². The molecule has 1 saturated heterocycles. The van der Waals surface area contributed by atoms with E-state index in [-0.39, 0.29) is 18.1 Å². The number of nitrogens with zero attached hydrogens (tertiary/aromatic N) is 6. The van der Waals surface area contributed by atoms with E-state index < -0.39 is 5.69 Å². The van der Waals surface area contributed by atoms with Crippen LogP contribution < -0.4 is 26.6 Å². The maximum absolute atomic E-state index is 14.0. The number of aliphatic imine (C=N–C) groups is 1. The molecule has 2 aromatic heterocycles. The summed E-state index contributed by atoms with van der Waals surface area (Å²) in [5, 5.41) is 0. The molecule has 0 aliphatic carbocycles. The van der Waals surface area contributed by atoms with Gasteiger partial charge < -0.3 is 19.9 Å². The fourth-order valence-corrected chi connectivity index (χ4v) is 5.42. The molecule has 1 atom stereocenters. The Balaban J connectivity index is 1.53. The van der Waals surface area contributed by atoms with Crippen molar-refractivity contribution in [1.82, 2.24) is 18.7 Å². The average Bonchev–Trinajstić information content (AvgIpc) is 3.23. The topological polar surface area (TPSA) is 113 Å². The maximum atomic E-state index is 14.0. The largest absolute Gasteiger partial charge is 0.454 e. The second kappa shape index (κ2) is 9.29. The number of nitrogens with two attached hydrogens (primary N) is 1. The zero-order chi connectivity index (χ0) is 26.6. The van der Waals surface area contributed by atoms with Crippen molar-refractivity contribution in [1.29, 1.82) is 0 Å². The molecule has 4 aromatic rings. The first kappa shape index (κ1) is 24.2. The van der Waals surface area contributed by atoms with Crippen LogP contribution >= 0.6 is 0 Å². The summed E-state index contributed by atoms with van der Waals surface area (Å²) >= 11 is 0. The lowest BCUT2D eigenvalue weighted by molar-refractivity contribution is 0.484. The maximum Gasteiger partial charge on any atom is 0.332 e. The number of imidazole rings is 1. The van der Waals surface area contributed by atoms with E-state index >= 15 is 0 Å². The quantitative estimate of drug-likeness (QED) is 0.449. The minimum Gasteiger partial charge on any atom is -0.454 e. The fourth-order valence-electron chi connectivity index (χ4n) is 5.42. The van der Waals surface area contributed by atoms with Crippen molar-refractivity contribution in [2.75, 3.05) is 18.0 Å². The second-order valence-electron chi connectivity index (χ2n) is 10.0. The summed E-state index contributed by atoms with van der Waals surface area (Å²) in [6.45, 7) is 5.97. The number of rotatable bonds is 4. The molecular formula is C28H31N7O3. The highest BCUT2D eigenvalue weighted by Gasteiger charge is 2.27. The SMILES string of the molecule is CCn1c(N2CCCC(N)C2)nc2c1c(=O)n(CC1=Nc3cc(C)ccc3Oc3ccccc31)c(=O)n2C. The van der Waals surface area contributed by atoms with Crippen molar-refractivity contribution >= 4 is 28.5 Å². The molecule has 4 heterocycles. The third-order valence-electron chi connectivity index (χ3n) is 7.36. The van der Waals surface area contributed by atoms with Gasteiger partial charge in [0, 0.05) is 38.3 Å². The molecule has 0 saturated carbocycles. The van der Waals surface area contributed by atoms with Gasteiger partial charge in [-0.1, -0.05) is 18.2 Å². The average molecular weight is 514 g/mol. The standard InChI is InChI=1S/C28H31N7O3/c1-4-34-24-25(31-27(34)33-13-7-8-18(29)15-33)32(3)28(37)35(26(24)36)16-21-19-9-5-6-10-22(19)38-23-12-11-17(2)14-20(23)30-21/h5-6,9-12,14,18H,4,7-8,13,15-16,29H2,1-3H3. The van der Waals surface area contributed by atoms with Crippen LogP contribution in [0.3, 0.4) is 0 Å². The van der Waals surface area contributed by atoms with E-state index in [2.05, 4.69) is 4.90 Å². The van der Waals surface area contributed by atoms with E-state index in [9.17, 15) is 9.59 Å². The normalized spacial score (nSPS) is 17.0. The summed E-state index contributed by atoms with van der Waals surface area (Å²) < 4.78 is 10.8. The lowest BCUT2D eigenvalue weighted by atomic mass is 10.1. The molecule has 2 aliphatic rings. The minimum absolute atomic E-state index is 0.00593. The van der Waals surface area contributed by atoms with Gasteiger partial charge in [-0.05, 0) is 56.5 Å². The van der Waals surface area contributed by atoms with E-state index in [4.69, 9.17) is 20.4 Å². The first-order valence-electron chi connectivity index (χ1n) is 13.0. The van der Waals surface area contributed by atoms with Crippen molar-refractivity contribution in [3.05, 3.63) is 74.4 Å². The number of aromatic nitrogens is 4. The molecule has 0 spiro atoms. The molecule has 196 valence electrons. The molecule has 10 heteroatoms. The number of hydrogen-bond donors (Lipinski definition) is 1. The Morgan fingerprint density at radius 2 is 1.92 bits per heavy atom. The Bertz CT molecular complexity index is 1710. The van der Waals surface area contributed by atoms with Crippen LogP contribution in [0.1, 0.15) is 30.9 Å². The van der Waals surface area contributed by atoms with Crippen LogP contribution in [0.4, 0.5) is 11.6 Å². The van der Waals surface area contributed by atoms with Crippen molar-refractivity contribution < 1.29 is 4.74 Å². The molecule has 10 nitrogen and oxygen atoms in total. The van der Waals surface area contributed by atoms with Crippen molar-refractivity contribution in [2.24, 2.45) is 17.8 Å². The molecular weight excluding hydrogens is 482 g/mol. The zero-order valence-electron chi connectivity index (χ0n) is 21.8. The molecule has 0 amide bonds. The van der Waals surface area contributed by atoms with Gasteiger partial charge in [0.1, 0.15) is 11.4 Å². The fraction of sp³-hybridized carbons (Fsp3) is 0.357. The van der Waals surface area contributed by atoms with Crippen LogP contribution in [0.2, 0.25) is 0 Å². The first-order valence-corrected chi connectivity index (χ1v) is 13.0. The highest BCUT2D eigenvalue weighted by molar-refractivity contribution is 6.05. The van der Waals surface area contributed by atoms with E-state index in [0.29, 0.717) is 53.1 Å². The molecule has 0 bridgehead atoms. The van der Waals surface area contributed by atoms with Crippen LogP contribution in [0.25, 0.3) is 11.2 Å².